The van der Waals surface area contributed by atoms with Crippen molar-refractivity contribution in [2.45, 2.75) is 52.5 Å². The Balaban J connectivity index is 2.11. The highest BCUT2D eigenvalue weighted by molar-refractivity contribution is 4.74. The van der Waals surface area contributed by atoms with E-state index in [1.807, 2.05) is 0 Å². The molecule has 1 unspecified atom stereocenters. The summed E-state index contributed by atoms with van der Waals surface area (Å²) in [5.41, 5.74) is 6.49. The summed E-state index contributed by atoms with van der Waals surface area (Å²) in [5, 5.41) is 0. The van der Waals surface area contributed by atoms with E-state index in [0.717, 1.165) is 12.8 Å². The number of likely N-dealkylation sites (tertiary alicyclic amines) is 1. The van der Waals surface area contributed by atoms with Crippen molar-refractivity contribution in [1.82, 2.24) is 4.90 Å². The quantitative estimate of drug-likeness (QED) is 0.750. The average Bonchev–Trinajstić information content (AvgIpc) is 2.49. The maximum absolute atomic E-state index is 6.11. The standard InChI is InChI=1S/C12H26N2/c1-12(2,3)10-11(13)6-9-14-7-4-5-8-14/h11H,4-10,13H2,1-3H3. The molecule has 0 amide bonds. The number of hydrogen-bond donors (Lipinski definition) is 1. The lowest BCUT2D eigenvalue weighted by Gasteiger charge is -2.24. The molecule has 1 aliphatic rings. The molecule has 0 bridgehead atoms. The predicted molar refractivity (Wildman–Crippen MR) is 62.3 cm³/mol. The molecule has 2 nitrogen and oxygen atoms in total. The van der Waals surface area contributed by atoms with Crippen molar-refractivity contribution in [3.63, 3.8) is 0 Å². The fourth-order valence-corrected chi connectivity index (χ4v) is 2.24. The smallest absolute Gasteiger partial charge is 0.00559 e. The Kier molecular flexibility index (Phi) is 4.39. The summed E-state index contributed by atoms with van der Waals surface area (Å²) in [5.74, 6) is 0. The molecule has 2 heteroatoms. The molecule has 1 saturated heterocycles. The molecule has 1 heterocycles. The first-order valence-electron chi connectivity index (χ1n) is 5.95. The number of hydrogen-bond acceptors (Lipinski definition) is 2. The van der Waals surface area contributed by atoms with Crippen molar-refractivity contribution in [2.75, 3.05) is 19.6 Å². The van der Waals surface area contributed by atoms with E-state index in [4.69, 9.17) is 5.73 Å². The van der Waals surface area contributed by atoms with Crippen LogP contribution in [0.25, 0.3) is 0 Å². The number of rotatable bonds is 4. The van der Waals surface area contributed by atoms with Crippen molar-refractivity contribution in [3.05, 3.63) is 0 Å². The summed E-state index contributed by atoms with van der Waals surface area (Å²) in [6, 6.07) is 0.385. The monoisotopic (exact) mass is 198 g/mol. The molecular formula is C12H26N2. The van der Waals surface area contributed by atoms with E-state index in [1.165, 1.54) is 32.5 Å². The van der Waals surface area contributed by atoms with Crippen molar-refractivity contribution >= 4 is 0 Å². The Bertz CT molecular complexity index is 154. The van der Waals surface area contributed by atoms with Gasteiger partial charge in [-0.1, -0.05) is 20.8 Å². The van der Waals surface area contributed by atoms with Crippen LogP contribution in [0, 0.1) is 5.41 Å². The molecule has 0 radical (unpaired) electrons. The van der Waals surface area contributed by atoms with Crippen LogP contribution in [0.3, 0.4) is 0 Å². The Labute approximate surface area is 88.8 Å². The Morgan fingerprint density at radius 3 is 2.29 bits per heavy atom. The molecule has 0 aromatic heterocycles. The SMILES string of the molecule is CC(C)(C)CC(N)CCN1CCCC1. The normalized spacial score (nSPS) is 21.4. The van der Waals surface area contributed by atoms with Gasteiger partial charge in [-0.3, -0.25) is 0 Å². The minimum absolute atomic E-state index is 0.379. The predicted octanol–water partition coefficient (Wildman–Crippen LogP) is 2.24. The van der Waals surface area contributed by atoms with Crippen LogP contribution < -0.4 is 5.73 Å². The van der Waals surface area contributed by atoms with Crippen molar-refractivity contribution in [2.24, 2.45) is 11.1 Å². The summed E-state index contributed by atoms with van der Waals surface area (Å²) < 4.78 is 0. The lowest BCUT2D eigenvalue weighted by Crippen LogP contribution is -2.31. The van der Waals surface area contributed by atoms with Crippen LogP contribution in [0.1, 0.15) is 46.5 Å². The lowest BCUT2D eigenvalue weighted by molar-refractivity contribution is 0.283. The minimum Gasteiger partial charge on any atom is -0.328 e. The summed E-state index contributed by atoms with van der Waals surface area (Å²) in [6.07, 6.45) is 5.07. The summed E-state index contributed by atoms with van der Waals surface area (Å²) in [6.45, 7) is 10.6. The average molecular weight is 198 g/mol. The highest BCUT2D eigenvalue weighted by atomic mass is 15.1. The van der Waals surface area contributed by atoms with Gasteiger partial charge in [0.2, 0.25) is 0 Å². The fraction of sp³-hybridized carbons (Fsp3) is 1.00. The molecule has 0 spiro atoms. The third-order valence-corrected chi connectivity index (χ3v) is 2.89. The zero-order valence-electron chi connectivity index (χ0n) is 10.1. The highest BCUT2D eigenvalue weighted by Gasteiger charge is 2.17. The van der Waals surface area contributed by atoms with E-state index in [0.29, 0.717) is 11.5 Å². The summed E-state index contributed by atoms with van der Waals surface area (Å²) >= 11 is 0. The first-order chi connectivity index (χ1) is 6.47. The first kappa shape index (κ1) is 12.0. The summed E-state index contributed by atoms with van der Waals surface area (Å²) in [7, 11) is 0. The maximum Gasteiger partial charge on any atom is 0.00559 e. The van der Waals surface area contributed by atoms with E-state index >= 15 is 0 Å². The van der Waals surface area contributed by atoms with Gasteiger partial charge in [0.1, 0.15) is 0 Å². The van der Waals surface area contributed by atoms with Crippen LogP contribution in [-0.2, 0) is 0 Å². The minimum atomic E-state index is 0.379. The van der Waals surface area contributed by atoms with Gasteiger partial charge >= 0.3 is 0 Å². The van der Waals surface area contributed by atoms with E-state index in [-0.39, 0.29) is 0 Å². The van der Waals surface area contributed by atoms with E-state index in [2.05, 4.69) is 25.7 Å². The van der Waals surface area contributed by atoms with Crippen LogP contribution in [0.4, 0.5) is 0 Å². The van der Waals surface area contributed by atoms with Gasteiger partial charge < -0.3 is 10.6 Å². The molecular weight excluding hydrogens is 172 g/mol. The maximum atomic E-state index is 6.11. The van der Waals surface area contributed by atoms with Gasteiger partial charge in [0.05, 0.1) is 0 Å². The largest absolute Gasteiger partial charge is 0.328 e. The third-order valence-electron chi connectivity index (χ3n) is 2.89. The molecule has 0 aromatic carbocycles. The molecule has 84 valence electrons. The molecule has 0 saturated carbocycles. The van der Waals surface area contributed by atoms with Crippen LogP contribution >= 0.6 is 0 Å². The van der Waals surface area contributed by atoms with Gasteiger partial charge in [-0.2, -0.15) is 0 Å². The zero-order valence-corrected chi connectivity index (χ0v) is 10.1. The lowest BCUT2D eigenvalue weighted by atomic mass is 9.87. The zero-order chi connectivity index (χ0) is 10.6. The van der Waals surface area contributed by atoms with Crippen LogP contribution in [0.2, 0.25) is 0 Å². The molecule has 1 aliphatic heterocycles. The molecule has 2 N–H and O–H groups in total. The van der Waals surface area contributed by atoms with Gasteiger partial charge in [-0.15, -0.1) is 0 Å². The molecule has 0 aliphatic carbocycles. The molecule has 14 heavy (non-hydrogen) atoms. The Hall–Kier alpha value is -0.0800. The fourth-order valence-electron chi connectivity index (χ4n) is 2.24. The van der Waals surface area contributed by atoms with Crippen molar-refractivity contribution in [1.29, 1.82) is 0 Å². The third kappa shape index (κ3) is 4.97. The van der Waals surface area contributed by atoms with Crippen molar-refractivity contribution < 1.29 is 0 Å². The van der Waals surface area contributed by atoms with Gasteiger partial charge in [-0.25, -0.2) is 0 Å². The topological polar surface area (TPSA) is 29.3 Å². The second-order valence-electron chi connectivity index (χ2n) is 5.86. The van der Waals surface area contributed by atoms with E-state index < -0.39 is 0 Å². The van der Waals surface area contributed by atoms with Gasteiger partial charge in [0.15, 0.2) is 0 Å². The second-order valence-corrected chi connectivity index (χ2v) is 5.86. The number of nitrogens with two attached hydrogens (primary N) is 1. The molecule has 1 atom stereocenters. The Morgan fingerprint density at radius 2 is 1.79 bits per heavy atom. The van der Waals surface area contributed by atoms with Crippen molar-refractivity contribution in [3.8, 4) is 0 Å². The molecule has 1 fully saturated rings. The molecule has 1 rings (SSSR count). The Morgan fingerprint density at radius 1 is 1.21 bits per heavy atom. The highest BCUT2D eigenvalue weighted by Crippen LogP contribution is 2.21. The van der Waals surface area contributed by atoms with E-state index in [9.17, 15) is 0 Å². The first-order valence-corrected chi connectivity index (χ1v) is 5.95. The van der Waals surface area contributed by atoms with Gasteiger partial charge in [0.25, 0.3) is 0 Å². The van der Waals surface area contributed by atoms with Gasteiger partial charge in [0, 0.05) is 6.04 Å². The second kappa shape index (κ2) is 5.13. The summed E-state index contributed by atoms with van der Waals surface area (Å²) in [4.78, 5) is 2.54. The molecule has 0 aromatic rings. The van der Waals surface area contributed by atoms with Crippen LogP contribution in [0.5, 0.6) is 0 Å². The van der Waals surface area contributed by atoms with Crippen LogP contribution in [0.15, 0.2) is 0 Å². The van der Waals surface area contributed by atoms with E-state index in [1.54, 1.807) is 0 Å². The van der Waals surface area contributed by atoms with Crippen LogP contribution in [-0.4, -0.2) is 30.6 Å². The van der Waals surface area contributed by atoms with Gasteiger partial charge in [-0.05, 0) is 50.7 Å². The number of nitrogens with zero attached hydrogens (tertiary/aromatic N) is 1.